The Labute approximate surface area is 171 Å². The first-order valence-corrected chi connectivity index (χ1v) is 10.1. The standard InChI is InChI=1S/C22H20FN3O2S/c1-28-19-8-2-15(3-9-19)10-11-24-21(27)12-18-14-29-22-25-20(13-26(18)22)16-4-6-17(23)7-5-16/h2-9,13-14H,10-12H2,1H3,(H,24,27). The molecular weight excluding hydrogens is 389 g/mol. The smallest absolute Gasteiger partial charge is 0.225 e. The summed E-state index contributed by atoms with van der Waals surface area (Å²) < 4.78 is 20.2. The molecular formula is C22H20FN3O2S. The van der Waals surface area contributed by atoms with E-state index in [4.69, 9.17) is 4.74 Å². The van der Waals surface area contributed by atoms with Gasteiger partial charge in [-0.3, -0.25) is 9.20 Å². The van der Waals surface area contributed by atoms with Crippen molar-refractivity contribution < 1.29 is 13.9 Å². The summed E-state index contributed by atoms with van der Waals surface area (Å²) in [6.45, 7) is 0.573. The second kappa shape index (κ2) is 8.45. The molecule has 0 aliphatic heterocycles. The topological polar surface area (TPSA) is 55.6 Å². The average molecular weight is 409 g/mol. The lowest BCUT2D eigenvalue weighted by atomic mass is 10.1. The Kier molecular flexibility index (Phi) is 5.57. The number of thiazole rings is 1. The molecule has 5 nitrogen and oxygen atoms in total. The predicted octanol–water partition coefficient (Wildman–Crippen LogP) is 4.11. The molecule has 0 saturated carbocycles. The van der Waals surface area contributed by atoms with Gasteiger partial charge in [0.1, 0.15) is 11.6 Å². The summed E-state index contributed by atoms with van der Waals surface area (Å²) >= 11 is 1.48. The predicted molar refractivity (Wildman–Crippen MR) is 112 cm³/mol. The minimum atomic E-state index is -0.276. The summed E-state index contributed by atoms with van der Waals surface area (Å²) in [7, 11) is 1.64. The molecule has 0 radical (unpaired) electrons. The number of benzene rings is 2. The van der Waals surface area contributed by atoms with Crippen molar-refractivity contribution in [2.24, 2.45) is 0 Å². The van der Waals surface area contributed by atoms with E-state index in [1.807, 2.05) is 40.2 Å². The van der Waals surface area contributed by atoms with Crippen molar-refractivity contribution in [1.29, 1.82) is 0 Å². The van der Waals surface area contributed by atoms with Crippen LogP contribution in [-0.4, -0.2) is 28.9 Å². The van der Waals surface area contributed by atoms with Gasteiger partial charge in [0.2, 0.25) is 5.91 Å². The van der Waals surface area contributed by atoms with Crippen LogP contribution >= 0.6 is 11.3 Å². The molecule has 4 aromatic rings. The lowest BCUT2D eigenvalue weighted by molar-refractivity contribution is -0.120. The number of hydrogen-bond donors (Lipinski definition) is 1. The Balaban J connectivity index is 1.37. The Bertz CT molecular complexity index is 1120. The van der Waals surface area contributed by atoms with Gasteiger partial charge in [-0.15, -0.1) is 11.3 Å². The van der Waals surface area contributed by atoms with Crippen LogP contribution in [0.4, 0.5) is 4.39 Å². The molecule has 0 fully saturated rings. The minimum Gasteiger partial charge on any atom is -0.497 e. The highest BCUT2D eigenvalue weighted by atomic mass is 32.1. The molecule has 0 aliphatic rings. The number of carbonyl (C=O) groups excluding carboxylic acids is 1. The summed E-state index contributed by atoms with van der Waals surface area (Å²) in [4.78, 5) is 17.7. The molecule has 0 unspecified atom stereocenters. The van der Waals surface area contributed by atoms with Crippen LogP contribution in [0.25, 0.3) is 16.2 Å². The highest BCUT2D eigenvalue weighted by Gasteiger charge is 2.12. The van der Waals surface area contributed by atoms with Crippen LogP contribution in [0, 0.1) is 5.82 Å². The van der Waals surface area contributed by atoms with Crippen molar-refractivity contribution in [2.75, 3.05) is 13.7 Å². The molecule has 2 aromatic carbocycles. The average Bonchev–Trinajstić information content (AvgIpc) is 3.31. The highest BCUT2D eigenvalue weighted by molar-refractivity contribution is 7.15. The molecule has 0 saturated heterocycles. The maximum atomic E-state index is 13.1. The van der Waals surface area contributed by atoms with Crippen LogP contribution in [0.1, 0.15) is 11.3 Å². The van der Waals surface area contributed by atoms with Crippen molar-refractivity contribution in [1.82, 2.24) is 14.7 Å². The quantitative estimate of drug-likeness (QED) is 0.500. The van der Waals surface area contributed by atoms with Crippen molar-refractivity contribution in [3.63, 3.8) is 0 Å². The summed E-state index contributed by atoms with van der Waals surface area (Å²) in [5.74, 6) is 0.511. The Hall–Kier alpha value is -3.19. The van der Waals surface area contributed by atoms with Crippen molar-refractivity contribution in [2.45, 2.75) is 12.8 Å². The number of rotatable bonds is 7. The fraction of sp³-hybridized carbons (Fsp3) is 0.182. The fourth-order valence-electron chi connectivity index (χ4n) is 3.08. The second-order valence-corrected chi connectivity index (χ2v) is 7.47. The Morgan fingerprint density at radius 2 is 1.93 bits per heavy atom. The number of imidazole rings is 1. The molecule has 2 aromatic heterocycles. The number of methoxy groups -OCH3 is 1. The van der Waals surface area contributed by atoms with Crippen LogP contribution in [0.5, 0.6) is 5.75 Å². The molecule has 7 heteroatoms. The van der Waals surface area contributed by atoms with E-state index in [1.54, 1.807) is 19.2 Å². The Morgan fingerprint density at radius 3 is 2.66 bits per heavy atom. The number of aromatic nitrogens is 2. The summed E-state index contributed by atoms with van der Waals surface area (Å²) in [5.41, 5.74) is 3.63. The van der Waals surface area contributed by atoms with Crippen molar-refractivity contribution in [3.8, 4) is 17.0 Å². The lowest BCUT2D eigenvalue weighted by Crippen LogP contribution is -2.27. The van der Waals surface area contributed by atoms with Gasteiger partial charge >= 0.3 is 0 Å². The minimum absolute atomic E-state index is 0.0322. The second-order valence-electron chi connectivity index (χ2n) is 6.64. The molecule has 4 rings (SSSR count). The van der Waals surface area contributed by atoms with E-state index in [9.17, 15) is 9.18 Å². The van der Waals surface area contributed by atoms with E-state index >= 15 is 0 Å². The molecule has 1 N–H and O–H groups in total. The number of hydrogen-bond acceptors (Lipinski definition) is 4. The molecule has 0 bridgehead atoms. The van der Waals surface area contributed by atoms with Gasteiger partial charge in [0.15, 0.2) is 4.96 Å². The molecule has 2 heterocycles. The maximum Gasteiger partial charge on any atom is 0.225 e. The van der Waals surface area contributed by atoms with Gasteiger partial charge in [0.05, 0.1) is 19.2 Å². The van der Waals surface area contributed by atoms with Gasteiger partial charge in [-0.05, 0) is 48.4 Å². The third kappa shape index (κ3) is 4.46. The van der Waals surface area contributed by atoms with E-state index in [1.165, 1.54) is 23.5 Å². The number of nitrogens with zero attached hydrogens (tertiary/aromatic N) is 2. The van der Waals surface area contributed by atoms with E-state index in [0.29, 0.717) is 6.54 Å². The summed E-state index contributed by atoms with van der Waals surface area (Å²) in [6, 6.07) is 14.1. The zero-order valence-corrected chi connectivity index (χ0v) is 16.7. The normalized spacial score (nSPS) is 11.0. The molecule has 29 heavy (non-hydrogen) atoms. The lowest BCUT2D eigenvalue weighted by Gasteiger charge is -2.06. The van der Waals surface area contributed by atoms with E-state index in [2.05, 4.69) is 10.3 Å². The molecule has 0 atom stereocenters. The number of carbonyl (C=O) groups is 1. The number of ether oxygens (including phenoxy) is 1. The zero-order valence-electron chi connectivity index (χ0n) is 15.9. The molecule has 0 spiro atoms. The van der Waals surface area contributed by atoms with Gasteiger partial charge in [-0.1, -0.05) is 12.1 Å². The van der Waals surface area contributed by atoms with Gasteiger partial charge in [0.25, 0.3) is 0 Å². The van der Waals surface area contributed by atoms with Crippen LogP contribution in [0.2, 0.25) is 0 Å². The summed E-state index contributed by atoms with van der Waals surface area (Å²) in [6.07, 6.45) is 2.93. The number of halogens is 1. The van der Waals surface area contributed by atoms with Gasteiger partial charge in [0, 0.05) is 29.4 Å². The number of fused-ring (bicyclic) bond motifs is 1. The monoisotopic (exact) mass is 409 g/mol. The first-order chi connectivity index (χ1) is 14.1. The van der Waals surface area contributed by atoms with E-state index in [-0.39, 0.29) is 18.1 Å². The van der Waals surface area contributed by atoms with Crippen LogP contribution < -0.4 is 10.1 Å². The largest absolute Gasteiger partial charge is 0.497 e. The first kappa shape index (κ1) is 19.1. The van der Waals surface area contributed by atoms with Gasteiger partial charge < -0.3 is 10.1 Å². The molecule has 0 aliphatic carbocycles. The molecule has 1 amide bonds. The Morgan fingerprint density at radius 1 is 1.17 bits per heavy atom. The zero-order chi connectivity index (χ0) is 20.2. The SMILES string of the molecule is COc1ccc(CCNC(=O)Cc2csc3nc(-c4ccc(F)cc4)cn23)cc1. The van der Waals surface area contributed by atoms with Crippen molar-refractivity contribution >= 4 is 22.2 Å². The van der Waals surface area contributed by atoms with Gasteiger partial charge in [-0.25, -0.2) is 9.37 Å². The highest BCUT2D eigenvalue weighted by Crippen LogP contribution is 2.24. The van der Waals surface area contributed by atoms with E-state index < -0.39 is 0 Å². The van der Waals surface area contributed by atoms with Crippen LogP contribution in [-0.2, 0) is 17.6 Å². The number of nitrogens with one attached hydrogen (secondary N) is 1. The molecule has 148 valence electrons. The maximum absolute atomic E-state index is 13.1. The summed E-state index contributed by atoms with van der Waals surface area (Å²) in [5, 5.41) is 4.91. The van der Waals surface area contributed by atoms with Crippen molar-refractivity contribution in [3.05, 3.63) is 77.2 Å². The van der Waals surface area contributed by atoms with Crippen LogP contribution in [0.15, 0.2) is 60.1 Å². The third-order valence-corrected chi connectivity index (χ3v) is 5.55. The fourth-order valence-corrected chi connectivity index (χ4v) is 3.95. The third-order valence-electron chi connectivity index (χ3n) is 4.66. The van der Waals surface area contributed by atoms with Crippen LogP contribution in [0.3, 0.4) is 0 Å². The first-order valence-electron chi connectivity index (χ1n) is 9.23. The van der Waals surface area contributed by atoms with Gasteiger partial charge in [-0.2, -0.15) is 0 Å². The number of amides is 1. The van der Waals surface area contributed by atoms with E-state index in [0.717, 1.165) is 39.6 Å².